The molecule has 96 valence electrons. The Morgan fingerprint density at radius 1 is 1.44 bits per heavy atom. The van der Waals surface area contributed by atoms with Gasteiger partial charge in [0.05, 0.1) is 30.0 Å². The van der Waals surface area contributed by atoms with Crippen LogP contribution in [0.25, 0.3) is 0 Å². The molecule has 2 N–H and O–H groups in total. The fourth-order valence-electron chi connectivity index (χ4n) is 1.26. The summed E-state index contributed by atoms with van der Waals surface area (Å²) in [5, 5.41) is 14.5. The van der Waals surface area contributed by atoms with Crippen LogP contribution in [0.15, 0.2) is 18.2 Å². The zero-order valence-corrected chi connectivity index (χ0v) is 11.0. The van der Waals surface area contributed by atoms with Crippen molar-refractivity contribution >= 4 is 11.6 Å². The molecule has 0 radical (unpaired) electrons. The third kappa shape index (κ3) is 2.99. The topological polar surface area (TPSA) is 74.2 Å². The number of carbonyl (C=O) groups is 1. The smallest absolute Gasteiger partial charge is 0.244 e. The highest BCUT2D eigenvalue weighted by molar-refractivity contribution is 5.98. The number of anilines is 1. The summed E-state index contributed by atoms with van der Waals surface area (Å²) in [7, 11) is 3.21. The molecule has 0 bridgehead atoms. The molecule has 5 heteroatoms. The standard InChI is InChI=1S/C13H17N3O2/c1-13(2,15-3)12(17)16-10-6-5-9(8-14)7-11(10)18-4/h5-7,15H,1-4H3,(H,16,17). The first-order valence-electron chi connectivity index (χ1n) is 5.53. The SMILES string of the molecule is CNC(C)(C)C(=O)Nc1ccc(C#N)cc1OC. The van der Waals surface area contributed by atoms with Crippen LogP contribution in [0.2, 0.25) is 0 Å². The number of nitriles is 1. The average molecular weight is 247 g/mol. The Labute approximate surface area is 107 Å². The number of hydrogen-bond donors (Lipinski definition) is 2. The van der Waals surface area contributed by atoms with Crippen LogP contribution in [0.5, 0.6) is 5.75 Å². The molecule has 0 unspecified atom stereocenters. The van der Waals surface area contributed by atoms with E-state index in [1.807, 2.05) is 6.07 Å². The van der Waals surface area contributed by atoms with Gasteiger partial charge in [-0.1, -0.05) is 0 Å². The molecule has 0 aliphatic carbocycles. The number of benzene rings is 1. The van der Waals surface area contributed by atoms with Gasteiger partial charge in [-0.15, -0.1) is 0 Å². The number of nitrogens with zero attached hydrogens (tertiary/aromatic N) is 1. The summed E-state index contributed by atoms with van der Waals surface area (Å²) in [6, 6.07) is 6.89. The van der Waals surface area contributed by atoms with Crippen molar-refractivity contribution in [2.45, 2.75) is 19.4 Å². The normalized spacial score (nSPS) is 10.6. The first-order chi connectivity index (χ1) is 8.44. The summed E-state index contributed by atoms with van der Waals surface area (Å²) in [6.45, 7) is 3.55. The monoisotopic (exact) mass is 247 g/mol. The summed E-state index contributed by atoms with van der Waals surface area (Å²) in [5.41, 5.74) is 0.349. The molecule has 1 amide bonds. The highest BCUT2D eigenvalue weighted by Crippen LogP contribution is 2.26. The van der Waals surface area contributed by atoms with E-state index >= 15 is 0 Å². The molecule has 0 atom stereocenters. The molecule has 1 aromatic rings. The maximum absolute atomic E-state index is 12.0. The Hall–Kier alpha value is -2.06. The lowest BCUT2D eigenvalue weighted by Crippen LogP contribution is -2.47. The summed E-state index contributed by atoms with van der Waals surface area (Å²) in [5.74, 6) is 0.294. The van der Waals surface area contributed by atoms with Gasteiger partial charge < -0.3 is 15.4 Å². The quantitative estimate of drug-likeness (QED) is 0.845. The molecule has 1 rings (SSSR count). The molecule has 0 saturated carbocycles. The maximum Gasteiger partial charge on any atom is 0.244 e. The van der Waals surface area contributed by atoms with Gasteiger partial charge >= 0.3 is 0 Å². The Kier molecular flexibility index (Phi) is 4.29. The lowest BCUT2D eigenvalue weighted by Gasteiger charge is -2.23. The van der Waals surface area contributed by atoms with Crippen molar-refractivity contribution in [3.63, 3.8) is 0 Å². The van der Waals surface area contributed by atoms with Gasteiger partial charge in [-0.2, -0.15) is 5.26 Å². The number of likely N-dealkylation sites (N-methyl/N-ethyl adjacent to an activating group) is 1. The second-order valence-corrected chi connectivity index (χ2v) is 4.36. The van der Waals surface area contributed by atoms with Crippen molar-refractivity contribution < 1.29 is 9.53 Å². The van der Waals surface area contributed by atoms with E-state index in [9.17, 15) is 4.79 Å². The van der Waals surface area contributed by atoms with Crippen LogP contribution in [0.4, 0.5) is 5.69 Å². The minimum Gasteiger partial charge on any atom is -0.495 e. The fraction of sp³-hybridized carbons (Fsp3) is 0.385. The van der Waals surface area contributed by atoms with Gasteiger partial charge in [-0.05, 0) is 33.0 Å². The molecule has 5 nitrogen and oxygen atoms in total. The van der Waals surface area contributed by atoms with Gasteiger partial charge in [0.1, 0.15) is 5.75 Å². The Bertz CT molecular complexity index is 489. The second-order valence-electron chi connectivity index (χ2n) is 4.36. The van der Waals surface area contributed by atoms with E-state index in [-0.39, 0.29) is 5.91 Å². The maximum atomic E-state index is 12.0. The van der Waals surface area contributed by atoms with Crippen molar-refractivity contribution in [1.82, 2.24) is 5.32 Å². The van der Waals surface area contributed by atoms with E-state index in [0.717, 1.165) is 0 Å². The van der Waals surface area contributed by atoms with E-state index in [1.165, 1.54) is 7.11 Å². The molecule has 0 heterocycles. The van der Waals surface area contributed by atoms with Crippen LogP contribution in [-0.2, 0) is 4.79 Å². The molecule has 1 aromatic carbocycles. The van der Waals surface area contributed by atoms with Gasteiger partial charge in [-0.25, -0.2) is 0 Å². The molecule has 0 fully saturated rings. The lowest BCUT2D eigenvalue weighted by molar-refractivity contribution is -0.121. The van der Waals surface area contributed by atoms with Crippen LogP contribution in [-0.4, -0.2) is 25.6 Å². The van der Waals surface area contributed by atoms with Crippen LogP contribution >= 0.6 is 0 Å². The van der Waals surface area contributed by atoms with E-state index in [4.69, 9.17) is 10.00 Å². The van der Waals surface area contributed by atoms with Gasteiger partial charge in [-0.3, -0.25) is 4.79 Å². The third-order valence-electron chi connectivity index (χ3n) is 2.77. The molecule has 0 aliphatic heterocycles. The number of nitrogens with one attached hydrogen (secondary N) is 2. The molecular weight excluding hydrogens is 230 g/mol. The predicted molar refractivity (Wildman–Crippen MR) is 69.5 cm³/mol. The number of hydrogen-bond acceptors (Lipinski definition) is 4. The number of rotatable bonds is 4. The minimum absolute atomic E-state index is 0.173. The number of carbonyl (C=O) groups excluding carboxylic acids is 1. The van der Waals surface area contributed by atoms with E-state index in [2.05, 4.69) is 10.6 Å². The number of amides is 1. The summed E-state index contributed by atoms with van der Waals surface area (Å²) < 4.78 is 5.15. The highest BCUT2D eigenvalue weighted by atomic mass is 16.5. The predicted octanol–water partition coefficient (Wildman–Crippen LogP) is 1.50. The van der Waals surface area contributed by atoms with Gasteiger partial charge in [0.25, 0.3) is 0 Å². The molecule has 0 aromatic heterocycles. The Morgan fingerprint density at radius 2 is 2.11 bits per heavy atom. The average Bonchev–Trinajstić information content (AvgIpc) is 2.38. The van der Waals surface area contributed by atoms with Crippen LogP contribution in [0.3, 0.4) is 0 Å². The molecule has 0 saturated heterocycles. The van der Waals surface area contributed by atoms with E-state index in [0.29, 0.717) is 17.0 Å². The second kappa shape index (κ2) is 5.52. The summed E-state index contributed by atoms with van der Waals surface area (Å²) >= 11 is 0. The van der Waals surface area contributed by atoms with Crippen molar-refractivity contribution in [3.8, 4) is 11.8 Å². The largest absolute Gasteiger partial charge is 0.495 e. The Morgan fingerprint density at radius 3 is 2.61 bits per heavy atom. The van der Waals surface area contributed by atoms with Crippen molar-refractivity contribution in [2.75, 3.05) is 19.5 Å². The number of methoxy groups -OCH3 is 1. The zero-order valence-electron chi connectivity index (χ0n) is 11.0. The first-order valence-corrected chi connectivity index (χ1v) is 5.53. The van der Waals surface area contributed by atoms with Crippen molar-refractivity contribution in [2.24, 2.45) is 0 Å². The van der Waals surface area contributed by atoms with Crippen LogP contribution in [0.1, 0.15) is 19.4 Å². The highest BCUT2D eigenvalue weighted by Gasteiger charge is 2.25. The van der Waals surface area contributed by atoms with E-state index < -0.39 is 5.54 Å². The van der Waals surface area contributed by atoms with E-state index in [1.54, 1.807) is 39.1 Å². The molecule has 0 aliphatic rings. The van der Waals surface area contributed by atoms with Crippen molar-refractivity contribution in [3.05, 3.63) is 23.8 Å². The minimum atomic E-state index is -0.682. The van der Waals surface area contributed by atoms with Gasteiger partial charge in [0.2, 0.25) is 5.91 Å². The Balaban J connectivity index is 2.99. The molecule has 0 spiro atoms. The number of ether oxygens (including phenoxy) is 1. The lowest BCUT2D eigenvalue weighted by atomic mass is 10.0. The van der Waals surface area contributed by atoms with Crippen LogP contribution < -0.4 is 15.4 Å². The van der Waals surface area contributed by atoms with Crippen molar-refractivity contribution in [1.29, 1.82) is 5.26 Å². The summed E-state index contributed by atoms with van der Waals surface area (Å²) in [4.78, 5) is 12.0. The molecular formula is C13H17N3O2. The third-order valence-corrected chi connectivity index (χ3v) is 2.77. The zero-order chi connectivity index (χ0) is 13.8. The van der Waals surface area contributed by atoms with Gasteiger partial charge in [0, 0.05) is 6.07 Å². The summed E-state index contributed by atoms with van der Waals surface area (Å²) in [6.07, 6.45) is 0. The van der Waals surface area contributed by atoms with Crippen LogP contribution in [0, 0.1) is 11.3 Å². The van der Waals surface area contributed by atoms with Gasteiger partial charge in [0.15, 0.2) is 0 Å². The molecule has 18 heavy (non-hydrogen) atoms. The first kappa shape index (κ1) is 14.0. The fourth-order valence-corrected chi connectivity index (χ4v) is 1.26.